The first-order valence-electron chi connectivity index (χ1n) is 9.00. The highest BCUT2D eigenvalue weighted by Gasteiger charge is 2.52. The molecular weight excluding hydrogens is 387 g/mol. The minimum absolute atomic E-state index is 0.0402. The zero-order valence-electron chi connectivity index (χ0n) is 15.6. The second-order valence-electron chi connectivity index (χ2n) is 7.31. The molecule has 1 aliphatic carbocycles. The van der Waals surface area contributed by atoms with Gasteiger partial charge in [0.05, 0.1) is 11.8 Å². The highest BCUT2D eigenvalue weighted by Crippen LogP contribution is 2.44. The normalized spacial score (nSPS) is 15.2. The van der Waals surface area contributed by atoms with E-state index in [9.17, 15) is 22.8 Å². The maximum Gasteiger partial charge on any atom is 0.407 e. The number of carbonyl (C=O) groups excluding carboxylic acids is 1. The van der Waals surface area contributed by atoms with Crippen molar-refractivity contribution in [3.63, 3.8) is 0 Å². The Bertz CT molecular complexity index is 883. The number of halogens is 3. The third-order valence-corrected chi connectivity index (χ3v) is 5.19. The number of fused-ring (bicyclic) bond motifs is 3. The number of alkyl carbamates (subject to hydrolysis) is 1. The second-order valence-corrected chi connectivity index (χ2v) is 7.31. The van der Waals surface area contributed by atoms with Crippen molar-refractivity contribution >= 4 is 12.1 Å². The van der Waals surface area contributed by atoms with Crippen molar-refractivity contribution in [2.75, 3.05) is 13.2 Å². The van der Waals surface area contributed by atoms with Crippen LogP contribution in [0.3, 0.4) is 0 Å². The lowest BCUT2D eigenvalue weighted by molar-refractivity contribution is -0.220. The molecule has 2 aromatic carbocycles. The Kier molecular flexibility index (Phi) is 5.55. The molecule has 0 heterocycles. The predicted molar refractivity (Wildman–Crippen MR) is 99.5 cm³/mol. The van der Waals surface area contributed by atoms with Crippen LogP contribution >= 0.6 is 0 Å². The van der Waals surface area contributed by atoms with Gasteiger partial charge in [-0.05, 0) is 29.2 Å². The lowest BCUT2D eigenvalue weighted by Gasteiger charge is -2.30. The summed E-state index contributed by atoms with van der Waals surface area (Å²) in [6.45, 7) is -0.175. The van der Waals surface area contributed by atoms with Crippen molar-refractivity contribution < 1.29 is 32.6 Å². The van der Waals surface area contributed by atoms with Gasteiger partial charge in [0.25, 0.3) is 0 Å². The fourth-order valence-electron chi connectivity index (χ4n) is 3.51. The van der Waals surface area contributed by atoms with Crippen LogP contribution in [0.15, 0.2) is 48.5 Å². The second kappa shape index (κ2) is 7.77. The average molecular weight is 407 g/mol. The molecule has 1 aliphatic rings. The van der Waals surface area contributed by atoms with E-state index in [-0.39, 0.29) is 12.5 Å². The number of hydrogen-bond donors (Lipinski definition) is 2. The van der Waals surface area contributed by atoms with Gasteiger partial charge in [-0.1, -0.05) is 48.5 Å². The molecule has 3 rings (SSSR count). The van der Waals surface area contributed by atoms with E-state index in [1.807, 2.05) is 48.5 Å². The van der Waals surface area contributed by atoms with Crippen molar-refractivity contribution in [2.24, 2.45) is 5.41 Å². The summed E-state index contributed by atoms with van der Waals surface area (Å²) in [5.41, 5.74) is 1.43. The summed E-state index contributed by atoms with van der Waals surface area (Å²) in [6.07, 6.45) is -6.96. The summed E-state index contributed by atoms with van der Waals surface area (Å²) in [7, 11) is 0. The first-order valence-corrected chi connectivity index (χ1v) is 9.00. The maximum absolute atomic E-state index is 13.2. The van der Waals surface area contributed by atoms with E-state index in [0.29, 0.717) is 0 Å². The van der Waals surface area contributed by atoms with Crippen LogP contribution in [0.1, 0.15) is 30.4 Å². The van der Waals surface area contributed by atoms with E-state index in [4.69, 9.17) is 9.84 Å². The Hall–Kier alpha value is -3.03. The molecule has 1 unspecified atom stereocenters. The van der Waals surface area contributed by atoms with Gasteiger partial charge >= 0.3 is 18.2 Å². The highest BCUT2D eigenvalue weighted by molar-refractivity contribution is 5.79. The van der Waals surface area contributed by atoms with Crippen LogP contribution < -0.4 is 5.32 Å². The Morgan fingerprint density at radius 1 is 1.03 bits per heavy atom. The zero-order valence-corrected chi connectivity index (χ0v) is 15.6. The number of benzene rings is 2. The Morgan fingerprint density at radius 3 is 2.03 bits per heavy atom. The van der Waals surface area contributed by atoms with Gasteiger partial charge in [0, 0.05) is 12.5 Å². The van der Waals surface area contributed by atoms with Crippen molar-refractivity contribution in [3.8, 4) is 11.1 Å². The summed E-state index contributed by atoms with van der Waals surface area (Å²) in [6, 6.07) is 15.3. The van der Waals surface area contributed by atoms with E-state index >= 15 is 0 Å². The molecule has 1 amide bonds. The molecular formula is C21H20F3NO4. The van der Waals surface area contributed by atoms with Crippen LogP contribution in [-0.4, -0.2) is 36.5 Å². The number of ether oxygens (including phenoxy) is 1. The van der Waals surface area contributed by atoms with Crippen molar-refractivity contribution in [3.05, 3.63) is 59.7 Å². The molecule has 2 aromatic rings. The smallest absolute Gasteiger partial charge is 0.407 e. The lowest BCUT2D eigenvalue weighted by Crippen LogP contribution is -2.46. The summed E-state index contributed by atoms with van der Waals surface area (Å²) in [4.78, 5) is 22.8. The zero-order chi connectivity index (χ0) is 21.2. The van der Waals surface area contributed by atoms with E-state index < -0.39 is 36.6 Å². The van der Waals surface area contributed by atoms with Crippen molar-refractivity contribution in [2.45, 2.75) is 25.4 Å². The SMILES string of the molecule is CC(CNC(=O)OCC1c2ccccc2-c2ccccc21)(CC(=O)O)C(F)(F)F. The molecule has 0 bridgehead atoms. The number of rotatable bonds is 6. The molecule has 0 fully saturated rings. The third-order valence-electron chi connectivity index (χ3n) is 5.19. The lowest BCUT2D eigenvalue weighted by atomic mass is 9.86. The van der Waals surface area contributed by atoms with Gasteiger partial charge in [-0.25, -0.2) is 4.79 Å². The molecule has 0 saturated carbocycles. The van der Waals surface area contributed by atoms with E-state index in [1.165, 1.54) is 0 Å². The number of nitrogens with one attached hydrogen (secondary N) is 1. The molecule has 2 N–H and O–H groups in total. The monoisotopic (exact) mass is 407 g/mol. The average Bonchev–Trinajstić information content (AvgIpc) is 2.97. The standard InChI is InChI=1S/C21H20F3NO4/c1-20(10-18(26)27,21(22,23)24)12-25-19(28)29-11-17-15-8-4-2-6-13(15)14-7-3-5-9-16(14)17/h2-9,17H,10-12H2,1H3,(H,25,28)(H,26,27). The van der Waals surface area contributed by atoms with E-state index in [0.717, 1.165) is 29.2 Å². The molecule has 5 nitrogen and oxygen atoms in total. The Morgan fingerprint density at radius 2 is 1.55 bits per heavy atom. The molecule has 1 atom stereocenters. The van der Waals surface area contributed by atoms with Gasteiger partial charge in [0.2, 0.25) is 0 Å². The first-order chi connectivity index (χ1) is 13.6. The van der Waals surface area contributed by atoms with Gasteiger partial charge in [0.1, 0.15) is 6.61 Å². The quantitative estimate of drug-likeness (QED) is 0.736. The van der Waals surface area contributed by atoms with Crippen molar-refractivity contribution in [1.82, 2.24) is 5.32 Å². The fraction of sp³-hybridized carbons (Fsp3) is 0.333. The topological polar surface area (TPSA) is 75.6 Å². The molecule has 29 heavy (non-hydrogen) atoms. The number of hydrogen-bond acceptors (Lipinski definition) is 3. The van der Waals surface area contributed by atoms with Gasteiger partial charge in [0.15, 0.2) is 0 Å². The molecule has 0 saturated heterocycles. The van der Waals surface area contributed by atoms with E-state index in [2.05, 4.69) is 5.32 Å². The number of aliphatic carboxylic acids is 1. The number of amides is 1. The van der Waals surface area contributed by atoms with Crippen LogP contribution in [0.5, 0.6) is 0 Å². The molecule has 0 aliphatic heterocycles. The predicted octanol–water partition coefficient (Wildman–Crippen LogP) is 4.57. The number of carboxylic acid groups (broad SMARTS) is 1. The highest BCUT2D eigenvalue weighted by atomic mass is 19.4. The van der Waals surface area contributed by atoms with Crippen molar-refractivity contribution in [1.29, 1.82) is 0 Å². The first kappa shape index (κ1) is 20.7. The van der Waals surface area contributed by atoms with Gasteiger partial charge < -0.3 is 15.2 Å². The summed E-state index contributed by atoms with van der Waals surface area (Å²) in [5.74, 6) is -1.82. The number of alkyl halides is 3. The van der Waals surface area contributed by atoms with Crippen LogP contribution in [0.2, 0.25) is 0 Å². The summed E-state index contributed by atoms with van der Waals surface area (Å²) < 4.78 is 44.9. The third kappa shape index (κ3) is 4.21. The Labute approximate surface area is 165 Å². The van der Waals surface area contributed by atoms with Crippen LogP contribution in [0, 0.1) is 5.41 Å². The van der Waals surface area contributed by atoms with E-state index in [1.54, 1.807) is 0 Å². The molecule has 8 heteroatoms. The molecule has 0 spiro atoms. The molecule has 0 radical (unpaired) electrons. The molecule has 0 aromatic heterocycles. The Balaban J connectivity index is 1.66. The number of carboxylic acids is 1. The fourth-order valence-corrected chi connectivity index (χ4v) is 3.51. The minimum atomic E-state index is -4.79. The van der Waals surface area contributed by atoms with Crippen LogP contribution in [0.4, 0.5) is 18.0 Å². The van der Waals surface area contributed by atoms with Gasteiger partial charge in [-0.2, -0.15) is 13.2 Å². The minimum Gasteiger partial charge on any atom is -0.481 e. The van der Waals surface area contributed by atoms with Crippen LogP contribution in [0.25, 0.3) is 11.1 Å². The summed E-state index contributed by atoms with van der Waals surface area (Å²) >= 11 is 0. The number of carbonyl (C=O) groups is 2. The maximum atomic E-state index is 13.2. The van der Waals surface area contributed by atoms with Gasteiger partial charge in [-0.15, -0.1) is 0 Å². The van der Waals surface area contributed by atoms with Gasteiger partial charge in [-0.3, -0.25) is 4.79 Å². The van der Waals surface area contributed by atoms with Crippen LogP contribution in [-0.2, 0) is 9.53 Å². The molecule has 154 valence electrons. The largest absolute Gasteiger partial charge is 0.481 e. The summed E-state index contributed by atoms with van der Waals surface area (Å²) in [5, 5.41) is 10.8.